The SMILES string of the molecule is CN(C(=O)C(c1cccc(F)c1)N1CCOCC1)C1CCNC1.Cl.Cl. The van der Waals surface area contributed by atoms with Crippen molar-refractivity contribution >= 4 is 30.7 Å². The van der Waals surface area contributed by atoms with E-state index < -0.39 is 6.04 Å². The molecule has 1 amide bonds. The van der Waals surface area contributed by atoms with Crippen LogP contribution >= 0.6 is 24.8 Å². The standard InChI is InChI=1S/C17H24FN3O2.2ClH/c1-20(15-5-6-19-12-15)17(22)16(21-7-9-23-10-8-21)13-3-2-4-14(18)11-13;;/h2-4,11,15-16,19H,5-10,12H2,1H3;2*1H. The molecule has 3 rings (SSSR count). The van der Waals surface area contributed by atoms with Gasteiger partial charge in [-0.25, -0.2) is 4.39 Å². The number of nitrogens with zero attached hydrogens (tertiary/aromatic N) is 2. The highest BCUT2D eigenvalue weighted by Crippen LogP contribution is 2.26. The van der Waals surface area contributed by atoms with E-state index in [-0.39, 0.29) is 42.6 Å². The van der Waals surface area contributed by atoms with Gasteiger partial charge in [-0.1, -0.05) is 12.1 Å². The van der Waals surface area contributed by atoms with Gasteiger partial charge in [0.1, 0.15) is 11.9 Å². The first-order chi connectivity index (χ1) is 11.2. The number of carbonyl (C=O) groups excluding carboxylic acids is 1. The number of hydrogen-bond acceptors (Lipinski definition) is 4. The van der Waals surface area contributed by atoms with E-state index in [0.29, 0.717) is 26.3 Å². The van der Waals surface area contributed by atoms with Crippen molar-refractivity contribution in [3.8, 4) is 0 Å². The molecule has 1 aromatic carbocycles. The molecule has 25 heavy (non-hydrogen) atoms. The summed E-state index contributed by atoms with van der Waals surface area (Å²) in [6.07, 6.45) is 0.960. The molecule has 2 saturated heterocycles. The minimum Gasteiger partial charge on any atom is -0.379 e. The summed E-state index contributed by atoms with van der Waals surface area (Å²) in [6, 6.07) is 6.15. The molecular weight excluding hydrogens is 368 g/mol. The third-order valence-corrected chi connectivity index (χ3v) is 4.74. The third-order valence-electron chi connectivity index (χ3n) is 4.74. The molecule has 1 aromatic rings. The summed E-state index contributed by atoms with van der Waals surface area (Å²) in [5, 5.41) is 3.29. The van der Waals surface area contributed by atoms with Crippen LogP contribution in [0.5, 0.6) is 0 Å². The van der Waals surface area contributed by atoms with Crippen LogP contribution in [0.1, 0.15) is 18.0 Å². The lowest BCUT2D eigenvalue weighted by Crippen LogP contribution is -2.49. The molecule has 142 valence electrons. The van der Waals surface area contributed by atoms with Crippen molar-refractivity contribution in [3.05, 3.63) is 35.6 Å². The van der Waals surface area contributed by atoms with Gasteiger partial charge in [0, 0.05) is 32.7 Å². The van der Waals surface area contributed by atoms with Crippen LogP contribution in [-0.2, 0) is 9.53 Å². The Hall–Kier alpha value is -0.920. The van der Waals surface area contributed by atoms with Gasteiger partial charge < -0.3 is 15.0 Å². The monoisotopic (exact) mass is 393 g/mol. The van der Waals surface area contributed by atoms with Crippen molar-refractivity contribution < 1.29 is 13.9 Å². The molecule has 0 radical (unpaired) electrons. The van der Waals surface area contributed by atoms with Crippen LogP contribution in [0.2, 0.25) is 0 Å². The second-order valence-electron chi connectivity index (χ2n) is 6.20. The predicted molar refractivity (Wildman–Crippen MR) is 100 cm³/mol. The van der Waals surface area contributed by atoms with E-state index in [0.717, 1.165) is 25.1 Å². The van der Waals surface area contributed by atoms with E-state index in [1.165, 1.54) is 12.1 Å². The van der Waals surface area contributed by atoms with Crippen molar-refractivity contribution in [2.45, 2.75) is 18.5 Å². The van der Waals surface area contributed by atoms with Gasteiger partial charge in [-0.05, 0) is 30.7 Å². The highest BCUT2D eigenvalue weighted by molar-refractivity contribution is 5.85. The van der Waals surface area contributed by atoms with Crippen molar-refractivity contribution in [1.82, 2.24) is 15.1 Å². The lowest BCUT2D eigenvalue weighted by atomic mass is 10.0. The van der Waals surface area contributed by atoms with E-state index >= 15 is 0 Å². The molecule has 0 aromatic heterocycles. The quantitative estimate of drug-likeness (QED) is 0.847. The molecule has 0 spiro atoms. The number of carbonyl (C=O) groups is 1. The van der Waals surface area contributed by atoms with Crippen LogP contribution in [0, 0.1) is 5.82 Å². The summed E-state index contributed by atoms with van der Waals surface area (Å²) in [5.74, 6) is -0.273. The van der Waals surface area contributed by atoms with Gasteiger partial charge in [0.15, 0.2) is 0 Å². The molecule has 2 atom stereocenters. The lowest BCUT2D eigenvalue weighted by molar-refractivity contribution is -0.139. The topological polar surface area (TPSA) is 44.8 Å². The van der Waals surface area contributed by atoms with Crippen LogP contribution < -0.4 is 5.32 Å². The maximum Gasteiger partial charge on any atom is 0.244 e. The first kappa shape index (κ1) is 22.1. The minimum atomic E-state index is -0.444. The normalized spacial score (nSPS) is 21.8. The molecule has 0 aliphatic carbocycles. The number of nitrogens with one attached hydrogen (secondary N) is 1. The van der Waals surface area contributed by atoms with Crippen LogP contribution in [0.3, 0.4) is 0 Å². The Labute approximate surface area is 160 Å². The van der Waals surface area contributed by atoms with Crippen LogP contribution in [0.25, 0.3) is 0 Å². The Bertz CT molecular complexity index is 552. The fourth-order valence-corrected chi connectivity index (χ4v) is 3.36. The molecule has 2 unspecified atom stereocenters. The fraction of sp³-hybridized carbons (Fsp3) is 0.588. The number of benzene rings is 1. The number of ether oxygens (including phenoxy) is 1. The van der Waals surface area contributed by atoms with Crippen molar-refractivity contribution in [2.75, 3.05) is 46.4 Å². The predicted octanol–water partition coefficient (Wildman–Crippen LogP) is 1.86. The maximum atomic E-state index is 13.7. The average molecular weight is 394 g/mol. The number of rotatable bonds is 4. The van der Waals surface area contributed by atoms with Crippen LogP contribution in [0.4, 0.5) is 4.39 Å². The summed E-state index contributed by atoms with van der Waals surface area (Å²) in [5.41, 5.74) is 0.717. The van der Waals surface area contributed by atoms with Crippen LogP contribution in [-0.4, -0.2) is 68.2 Å². The van der Waals surface area contributed by atoms with E-state index in [9.17, 15) is 9.18 Å². The summed E-state index contributed by atoms with van der Waals surface area (Å²) in [7, 11) is 1.85. The van der Waals surface area contributed by atoms with E-state index in [2.05, 4.69) is 10.2 Å². The van der Waals surface area contributed by atoms with Gasteiger partial charge in [-0.3, -0.25) is 9.69 Å². The highest BCUT2D eigenvalue weighted by Gasteiger charge is 2.34. The smallest absolute Gasteiger partial charge is 0.244 e. The number of morpholine rings is 1. The van der Waals surface area contributed by atoms with E-state index in [1.807, 2.05) is 18.0 Å². The number of amides is 1. The number of halogens is 3. The summed E-state index contributed by atoms with van der Waals surface area (Å²) >= 11 is 0. The van der Waals surface area contributed by atoms with Crippen molar-refractivity contribution in [3.63, 3.8) is 0 Å². The minimum absolute atomic E-state index is 0. The van der Waals surface area contributed by atoms with Gasteiger partial charge in [0.05, 0.1) is 13.2 Å². The molecule has 0 saturated carbocycles. The molecule has 0 bridgehead atoms. The molecule has 2 aliphatic heterocycles. The molecule has 8 heteroatoms. The zero-order valence-corrected chi connectivity index (χ0v) is 16.0. The maximum absolute atomic E-state index is 13.7. The van der Waals surface area contributed by atoms with Gasteiger partial charge >= 0.3 is 0 Å². The molecule has 2 aliphatic rings. The highest BCUT2D eigenvalue weighted by atomic mass is 35.5. The third kappa shape index (κ3) is 5.28. The Morgan fingerprint density at radius 1 is 1.36 bits per heavy atom. The van der Waals surface area contributed by atoms with Crippen molar-refractivity contribution in [1.29, 1.82) is 0 Å². The summed E-state index contributed by atoms with van der Waals surface area (Å²) in [6.45, 7) is 4.33. The first-order valence-electron chi connectivity index (χ1n) is 8.21. The fourth-order valence-electron chi connectivity index (χ4n) is 3.36. The van der Waals surface area contributed by atoms with Gasteiger partial charge in [-0.2, -0.15) is 0 Å². The summed E-state index contributed by atoms with van der Waals surface area (Å²) in [4.78, 5) is 17.1. The Morgan fingerprint density at radius 3 is 2.68 bits per heavy atom. The number of likely N-dealkylation sites (N-methyl/N-ethyl adjacent to an activating group) is 1. The van der Waals surface area contributed by atoms with E-state index in [4.69, 9.17) is 4.74 Å². The van der Waals surface area contributed by atoms with E-state index in [1.54, 1.807) is 6.07 Å². The zero-order chi connectivity index (χ0) is 16.2. The summed E-state index contributed by atoms with van der Waals surface area (Å²) < 4.78 is 19.1. The second kappa shape index (κ2) is 10.3. The molecular formula is C17H26Cl2FN3O2. The zero-order valence-electron chi connectivity index (χ0n) is 14.3. The largest absolute Gasteiger partial charge is 0.379 e. The molecule has 2 fully saturated rings. The molecule has 1 N–H and O–H groups in total. The first-order valence-corrected chi connectivity index (χ1v) is 8.21. The molecule has 2 heterocycles. The Kier molecular flexibility index (Phi) is 9.10. The van der Waals surface area contributed by atoms with Gasteiger partial charge in [-0.15, -0.1) is 24.8 Å². The van der Waals surface area contributed by atoms with Crippen LogP contribution in [0.15, 0.2) is 24.3 Å². The molecule has 5 nitrogen and oxygen atoms in total. The van der Waals surface area contributed by atoms with Gasteiger partial charge in [0.2, 0.25) is 5.91 Å². The Balaban J connectivity index is 0.00000156. The van der Waals surface area contributed by atoms with Gasteiger partial charge in [0.25, 0.3) is 0 Å². The average Bonchev–Trinajstić information content (AvgIpc) is 3.10. The van der Waals surface area contributed by atoms with Crippen molar-refractivity contribution in [2.24, 2.45) is 0 Å². The Morgan fingerprint density at radius 2 is 2.08 bits per heavy atom. The second-order valence-corrected chi connectivity index (χ2v) is 6.20. The number of hydrogen-bond donors (Lipinski definition) is 1. The lowest BCUT2D eigenvalue weighted by Gasteiger charge is -2.37.